The Bertz CT molecular complexity index is 1170. The first-order valence-electron chi connectivity index (χ1n) is 10.3. The summed E-state index contributed by atoms with van der Waals surface area (Å²) in [5.41, 5.74) is -0.662. The zero-order valence-electron chi connectivity index (χ0n) is 17.6. The first kappa shape index (κ1) is 21.0. The van der Waals surface area contributed by atoms with Crippen molar-refractivity contribution < 1.29 is 29.7 Å². The van der Waals surface area contributed by atoms with E-state index < -0.39 is 34.8 Å². The summed E-state index contributed by atoms with van der Waals surface area (Å²) >= 11 is 0. The minimum absolute atomic E-state index is 0.00646. The van der Waals surface area contributed by atoms with Crippen molar-refractivity contribution in [3.8, 4) is 11.5 Å². The van der Waals surface area contributed by atoms with Gasteiger partial charge in [0.2, 0.25) is 0 Å². The van der Waals surface area contributed by atoms with Crippen LogP contribution in [0.1, 0.15) is 81.9 Å². The molecule has 0 aromatic heterocycles. The number of hydrogen-bond donors (Lipinski definition) is 3. The SMILES string of the molecule is CCC[C@H]1[C@@H](O)c2cccc(O)c2C(=O)[C@@]1(C)c1ccc(O)c2c1C(=O)C(C)=CC2=O. The summed E-state index contributed by atoms with van der Waals surface area (Å²) < 4.78 is 0. The van der Waals surface area contributed by atoms with E-state index in [-0.39, 0.29) is 39.3 Å². The predicted molar refractivity (Wildman–Crippen MR) is 114 cm³/mol. The molecule has 6 heteroatoms. The van der Waals surface area contributed by atoms with Crippen LogP contribution in [0.4, 0.5) is 0 Å². The Morgan fingerprint density at radius 2 is 1.65 bits per heavy atom. The number of rotatable bonds is 3. The number of phenols is 2. The van der Waals surface area contributed by atoms with Crippen LogP contribution in [-0.4, -0.2) is 32.7 Å². The second-order valence-corrected chi connectivity index (χ2v) is 8.52. The first-order chi connectivity index (χ1) is 14.6. The molecule has 0 unspecified atom stereocenters. The zero-order valence-corrected chi connectivity index (χ0v) is 17.6. The van der Waals surface area contributed by atoms with Gasteiger partial charge >= 0.3 is 0 Å². The third kappa shape index (κ3) is 2.78. The molecule has 0 bridgehead atoms. The molecule has 2 aromatic rings. The van der Waals surface area contributed by atoms with E-state index >= 15 is 0 Å². The molecule has 2 aliphatic carbocycles. The monoisotopic (exact) mass is 420 g/mol. The molecule has 0 heterocycles. The van der Waals surface area contributed by atoms with Crippen molar-refractivity contribution in [3.63, 3.8) is 0 Å². The molecule has 0 amide bonds. The number of ketones is 3. The Kier molecular flexibility index (Phi) is 4.85. The smallest absolute Gasteiger partial charge is 0.190 e. The maximum Gasteiger partial charge on any atom is 0.190 e. The molecule has 0 saturated carbocycles. The standard InChI is InChI=1S/C25H24O6/c1-4-6-15-23(30)13-7-5-8-16(26)19(13)24(31)25(15,3)14-9-10-17(27)21-18(28)11-12(2)22(29)20(14)21/h5,7-11,15,23,26-27,30H,4,6H2,1-3H3/t15-,23-,25-/m0/s1. The number of aromatic hydroxyl groups is 2. The third-order valence-corrected chi connectivity index (χ3v) is 6.74. The summed E-state index contributed by atoms with van der Waals surface area (Å²) in [6.07, 6.45) is 1.27. The second-order valence-electron chi connectivity index (χ2n) is 8.52. The number of Topliss-reactive ketones (excluding diaryl/α,β-unsaturated/α-hetero) is 2. The van der Waals surface area contributed by atoms with Crippen molar-refractivity contribution in [2.24, 2.45) is 5.92 Å². The van der Waals surface area contributed by atoms with Crippen LogP contribution in [0.25, 0.3) is 0 Å². The van der Waals surface area contributed by atoms with E-state index in [1.807, 2.05) is 6.92 Å². The van der Waals surface area contributed by atoms with Gasteiger partial charge in [-0.15, -0.1) is 0 Å². The third-order valence-electron chi connectivity index (χ3n) is 6.74. The fourth-order valence-corrected chi connectivity index (χ4v) is 5.13. The van der Waals surface area contributed by atoms with Crippen LogP contribution in [0, 0.1) is 5.92 Å². The first-order valence-corrected chi connectivity index (χ1v) is 10.3. The van der Waals surface area contributed by atoms with Gasteiger partial charge in [0.25, 0.3) is 0 Å². The number of aliphatic hydroxyl groups is 1. The molecule has 3 N–H and O–H groups in total. The van der Waals surface area contributed by atoms with Crippen molar-refractivity contribution in [2.45, 2.75) is 45.1 Å². The fraction of sp³-hybridized carbons (Fsp3) is 0.320. The van der Waals surface area contributed by atoms with E-state index in [1.165, 1.54) is 31.2 Å². The highest BCUT2D eigenvalue weighted by Crippen LogP contribution is 2.53. The lowest BCUT2D eigenvalue weighted by molar-refractivity contribution is 0.0345. The van der Waals surface area contributed by atoms with Crippen molar-refractivity contribution in [2.75, 3.05) is 0 Å². The van der Waals surface area contributed by atoms with Gasteiger partial charge in [-0.1, -0.05) is 31.5 Å². The molecule has 4 rings (SSSR count). The zero-order chi connectivity index (χ0) is 22.7. The summed E-state index contributed by atoms with van der Waals surface area (Å²) in [5.74, 6) is -2.54. The summed E-state index contributed by atoms with van der Waals surface area (Å²) in [7, 11) is 0. The van der Waals surface area contributed by atoms with Crippen LogP contribution >= 0.6 is 0 Å². The quantitative estimate of drug-likeness (QED) is 0.691. The number of carbonyl (C=O) groups excluding carboxylic acids is 3. The van der Waals surface area contributed by atoms with Gasteiger partial charge < -0.3 is 15.3 Å². The van der Waals surface area contributed by atoms with E-state index in [0.29, 0.717) is 18.4 Å². The van der Waals surface area contributed by atoms with Crippen LogP contribution in [0.15, 0.2) is 42.0 Å². The fourth-order valence-electron chi connectivity index (χ4n) is 5.13. The summed E-state index contributed by atoms with van der Waals surface area (Å²) in [4.78, 5) is 39.7. The van der Waals surface area contributed by atoms with Crippen molar-refractivity contribution in [3.05, 3.63) is 69.8 Å². The molecule has 6 nitrogen and oxygen atoms in total. The van der Waals surface area contributed by atoms with Crippen molar-refractivity contribution >= 4 is 17.3 Å². The van der Waals surface area contributed by atoms with Gasteiger partial charge in [0.15, 0.2) is 17.3 Å². The maximum absolute atomic E-state index is 13.9. The van der Waals surface area contributed by atoms with E-state index in [9.17, 15) is 29.7 Å². The van der Waals surface area contributed by atoms with Gasteiger partial charge in [0, 0.05) is 17.1 Å². The van der Waals surface area contributed by atoms with Crippen molar-refractivity contribution in [1.82, 2.24) is 0 Å². The van der Waals surface area contributed by atoms with E-state index in [1.54, 1.807) is 19.1 Å². The lowest BCUT2D eigenvalue weighted by Crippen LogP contribution is -2.48. The number of aliphatic hydroxyl groups excluding tert-OH is 1. The number of fused-ring (bicyclic) bond motifs is 2. The van der Waals surface area contributed by atoms with E-state index in [2.05, 4.69) is 0 Å². The van der Waals surface area contributed by atoms with Crippen molar-refractivity contribution in [1.29, 1.82) is 0 Å². The molecule has 160 valence electrons. The van der Waals surface area contributed by atoms with E-state index in [4.69, 9.17) is 0 Å². The van der Waals surface area contributed by atoms with Gasteiger partial charge in [0.1, 0.15) is 11.5 Å². The van der Waals surface area contributed by atoms with Crippen LogP contribution in [0.5, 0.6) is 11.5 Å². The molecule has 0 aliphatic heterocycles. The highest BCUT2D eigenvalue weighted by atomic mass is 16.3. The highest BCUT2D eigenvalue weighted by molar-refractivity contribution is 6.26. The molecular formula is C25H24O6. The molecule has 2 aromatic carbocycles. The predicted octanol–water partition coefficient (Wildman–Crippen LogP) is 4.03. The van der Waals surface area contributed by atoms with Crippen LogP contribution in [0.2, 0.25) is 0 Å². The Balaban J connectivity index is 2.07. The molecule has 0 radical (unpaired) electrons. The van der Waals surface area contributed by atoms with Gasteiger partial charge in [-0.05, 0) is 49.6 Å². The lowest BCUT2D eigenvalue weighted by Gasteiger charge is -2.45. The molecule has 3 atom stereocenters. The largest absolute Gasteiger partial charge is 0.507 e. The summed E-state index contributed by atoms with van der Waals surface area (Å²) in [6, 6.07) is 7.37. The van der Waals surface area contributed by atoms with Gasteiger partial charge in [-0.3, -0.25) is 14.4 Å². The molecule has 0 saturated heterocycles. The highest BCUT2D eigenvalue weighted by Gasteiger charge is 2.53. The van der Waals surface area contributed by atoms with E-state index in [0.717, 1.165) is 0 Å². The molecule has 2 aliphatic rings. The topological polar surface area (TPSA) is 112 Å². The number of carbonyl (C=O) groups is 3. The number of phenolic OH excluding ortho intramolecular Hbond substituents is 2. The van der Waals surface area contributed by atoms with Gasteiger partial charge in [-0.2, -0.15) is 0 Å². The second kappa shape index (κ2) is 7.17. The molecule has 0 fully saturated rings. The Hall–Kier alpha value is -3.25. The van der Waals surface area contributed by atoms with Crippen LogP contribution in [-0.2, 0) is 5.41 Å². The molecule has 0 spiro atoms. The van der Waals surface area contributed by atoms with Gasteiger partial charge in [0.05, 0.1) is 22.6 Å². The van der Waals surface area contributed by atoms with Gasteiger partial charge in [-0.25, -0.2) is 0 Å². The minimum atomic E-state index is -1.40. The molecule has 31 heavy (non-hydrogen) atoms. The molecular weight excluding hydrogens is 396 g/mol. The minimum Gasteiger partial charge on any atom is -0.507 e. The van der Waals surface area contributed by atoms with Crippen LogP contribution in [0.3, 0.4) is 0 Å². The number of allylic oxidation sites excluding steroid dienone is 2. The summed E-state index contributed by atoms with van der Waals surface area (Å²) in [6.45, 7) is 5.09. The lowest BCUT2D eigenvalue weighted by atomic mass is 9.57. The maximum atomic E-state index is 13.9. The number of hydrogen-bond acceptors (Lipinski definition) is 6. The Morgan fingerprint density at radius 1 is 0.968 bits per heavy atom. The normalized spacial score (nSPS) is 25.2. The Morgan fingerprint density at radius 3 is 2.32 bits per heavy atom. The Labute approximate surface area is 179 Å². The summed E-state index contributed by atoms with van der Waals surface area (Å²) in [5, 5.41) is 32.1. The van der Waals surface area contributed by atoms with Crippen LogP contribution < -0.4 is 0 Å². The number of benzene rings is 2. The average Bonchev–Trinajstić information content (AvgIpc) is 2.73. The average molecular weight is 420 g/mol.